The van der Waals surface area contributed by atoms with Crippen LogP contribution in [0.2, 0.25) is 4.34 Å². The summed E-state index contributed by atoms with van der Waals surface area (Å²) in [5, 5.41) is 8.98. The number of carboxylic acids is 1. The van der Waals surface area contributed by atoms with Gasteiger partial charge in [0.2, 0.25) is 0 Å². The molecule has 0 bridgehead atoms. The lowest BCUT2D eigenvalue weighted by atomic mass is 10.5. The third-order valence-corrected chi connectivity index (χ3v) is 6.07. The topological polar surface area (TPSA) is 83.5 Å². The number of rotatable bonds is 4. The smallest absolute Gasteiger partial charge is 0.345 e. The van der Waals surface area contributed by atoms with Crippen molar-refractivity contribution in [1.29, 1.82) is 0 Å². The zero-order valence-electron chi connectivity index (χ0n) is 8.58. The third kappa shape index (κ3) is 2.83. The van der Waals surface area contributed by atoms with Crippen molar-refractivity contribution >= 4 is 55.3 Å². The number of hydrogen-bond acceptors (Lipinski definition) is 5. The standard InChI is InChI=1S/C9H6ClNO4S3/c10-6-2-4-8(17-6)18(14,15)11-7-3-1-5(16-7)9(12)13/h1-4,11H,(H,12,13). The van der Waals surface area contributed by atoms with Gasteiger partial charge >= 0.3 is 5.97 Å². The Morgan fingerprint density at radius 2 is 1.94 bits per heavy atom. The van der Waals surface area contributed by atoms with Crippen molar-refractivity contribution in [1.82, 2.24) is 0 Å². The van der Waals surface area contributed by atoms with Gasteiger partial charge < -0.3 is 5.11 Å². The summed E-state index contributed by atoms with van der Waals surface area (Å²) in [6, 6.07) is 5.62. The first-order valence-electron chi connectivity index (χ1n) is 4.50. The van der Waals surface area contributed by atoms with Crippen molar-refractivity contribution in [2.75, 3.05) is 4.72 Å². The molecule has 2 heterocycles. The minimum absolute atomic E-state index is 0.0666. The number of sulfonamides is 1. The molecular formula is C9H6ClNO4S3. The average molecular weight is 324 g/mol. The summed E-state index contributed by atoms with van der Waals surface area (Å²) in [7, 11) is -3.70. The molecule has 0 spiro atoms. The van der Waals surface area contributed by atoms with Gasteiger partial charge in [0.05, 0.1) is 4.34 Å². The number of thiophene rings is 2. The Labute approximate surface area is 116 Å². The molecule has 0 unspecified atom stereocenters. The molecule has 5 nitrogen and oxygen atoms in total. The number of aromatic carboxylic acids is 1. The molecule has 0 fully saturated rings. The van der Waals surface area contributed by atoms with Gasteiger partial charge in [-0.3, -0.25) is 4.72 Å². The summed E-state index contributed by atoms with van der Waals surface area (Å²) in [5.41, 5.74) is 0. The van der Waals surface area contributed by atoms with Gasteiger partial charge in [-0.2, -0.15) is 0 Å². The van der Waals surface area contributed by atoms with Gasteiger partial charge in [0.15, 0.2) is 0 Å². The van der Waals surface area contributed by atoms with Crippen LogP contribution < -0.4 is 4.72 Å². The van der Waals surface area contributed by atoms with Crippen LogP contribution in [0.5, 0.6) is 0 Å². The van der Waals surface area contributed by atoms with E-state index in [1.165, 1.54) is 24.3 Å². The number of carboxylic acid groups (broad SMARTS) is 1. The Balaban J connectivity index is 2.25. The van der Waals surface area contributed by atoms with Crippen LogP contribution in [0.25, 0.3) is 0 Å². The summed E-state index contributed by atoms with van der Waals surface area (Å²) in [4.78, 5) is 10.7. The first-order valence-corrected chi connectivity index (χ1v) is 7.99. The molecule has 9 heteroatoms. The number of halogens is 1. The Hall–Kier alpha value is -1.09. The van der Waals surface area contributed by atoms with Gasteiger partial charge in [0.25, 0.3) is 10.0 Å². The van der Waals surface area contributed by atoms with E-state index < -0.39 is 16.0 Å². The normalized spacial score (nSPS) is 11.4. The summed E-state index contributed by atoms with van der Waals surface area (Å²) >= 11 is 7.45. The lowest BCUT2D eigenvalue weighted by Gasteiger charge is -2.02. The van der Waals surface area contributed by atoms with E-state index >= 15 is 0 Å². The quantitative estimate of drug-likeness (QED) is 0.906. The fourth-order valence-electron chi connectivity index (χ4n) is 1.13. The second-order valence-electron chi connectivity index (χ2n) is 3.13. The van der Waals surface area contributed by atoms with Crippen molar-refractivity contribution in [3.05, 3.63) is 33.5 Å². The minimum atomic E-state index is -3.70. The van der Waals surface area contributed by atoms with E-state index in [1.807, 2.05) is 0 Å². The Morgan fingerprint density at radius 1 is 1.22 bits per heavy atom. The van der Waals surface area contributed by atoms with Gasteiger partial charge in [-0.1, -0.05) is 11.6 Å². The average Bonchev–Trinajstić information content (AvgIpc) is 2.86. The first-order chi connectivity index (χ1) is 8.38. The largest absolute Gasteiger partial charge is 0.477 e. The Bertz CT molecular complexity index is 688. The molecule has 2 rings (SSSR count). The van der Waals surface area contributed by atoms with Crippen LogP contribution in [0, 0.1) is 0 Å². The molecular weight excluding hydrogens is 318 g/mol. The number of anilines is 1. The molecule has 0 saturated heterocycles. The lowest BCUT2D eigenvalue weighted by molar-refractivity contribution is 0.0702. The maximum absolute atomic E-state index is 11.9. The molecule has 0 radical (unpaired) electrons. The van der Waals surface area contributed by atoms with Crippen LogP contribution in [-0.2, 0) is 10.0 Å². The molecule has 0 atom stereocenters. The van der Waals surface area contributed by atoms with E-state index in [2.05, 4.69) is 4.72 Å². The van der Waals surface area contributed by atoms with Crippen molar-refractivity contribution < 1.29 is 18.3 Å². The van der Waals surface area contributed by atoms with E-state index in [0.717, 1.165) is 22.7 Å². The Morgan fingerprint density at radius 3 is 2.44 bits per heavy atom. The van der Waals surface area contributed by atoms with Gasteiger partial charge in [-0.05, 0) is 24.3 Å². The van der Waals surface area contributed by atoms with Crippen molar-refractivity contribution in [3.8, 4) is 0 Å². The summed E-state index contributed by atoms with van der Waals surface area (Å²) in [5.74, 6) is -1.09. The van der Waals surface area contributed by atoms with Gasteiger partial charge in [0, 0.05) is 0 Å². The summed E-state index contributed by atoms with van der Waals surface area (Å²) < 4.78 is 26.5. The zero-order chi connectivity index (χ0) is 13.3. The molecule has 0 aromatic carbocycles. The molecule has 0 aliphatic heterocycles. The predicted octanol–water partition coefficient (Wildman–Crippen LogP) is 2.96. The predicted molar refractivity (Wildman–Crippen MR) is 71.4 cm³/mol. The highest BCUT2D eigenvalue weighted by molar-refractivity contribution is 7.95. The fourth-order valence-corrected chi connectivity index (χ4v) is 4.65. The maximum atomic E-state index is 11.9. The highest BCUT2D eigenvalue weighted by Crippen LogP contribution is 2.29. The summed E-state index contributed by atoms with van der Waals surface area (Å²) in [6.07, 6.45) is 0. The van der Waals surface area contributed by atoms with E-state index in [9.17, 15) is 13.2 Å². The molecule has 2 N–H and O–H groups in total. The van der Waals surface area contributed by atoms with Crippen LogP contribution in [0.4, 0.5) is 5.00 Å². The van der Waals surface area contributed by atoms with Crippen LogP contribution in [0.1, 0.15) is 9.67 Å². The van der Waals surface area contributed by atoms with Gasteiger partial charge in [0.1, 0.15) is 14.1 Å². The molecule has 0 aliphatic rings. The molecule has 2 aromatic rings. The van der Waals surface area contributed by atoms with Crippen LogP contribution >= 0.6 is 34.3 Å². The molecule has 0 aliphatic carbocycles. The van der Waals surface area contributed by atoms with E-state index in [-0.39, 0.29) is 14.1 Å². The monoisotopic (exact) mass is 323 g/mol. The maximum Gasteiger partial charge on any atom is 0.345 e. The number of hydrogen-bond donors (Lipinski definition) is 2. The van der Waals surface area contributed by atoms with Crippen LogP contribution in [-0.4, -0.2) is 19.5 Å². The van der Waals surface area contributed by atoms with Gasteiger partial charge in [-0.15, -0.1) is 22.7 Å². The SMILES string of the molecule is O=C(O)c1ccc(NS(=O)(=O)c2ccc(Cl)s2)s1. The van der Waals surface area contributed by atoms with Crippen LogP contribution in [0.15, 0.2) is 28.5 Å². The zero-order valence-corrected chi connectivity index (χ0v) is 11.8. The minimum Gasteiger partial charge on any atom is -0.477 e. The summed E-state index contributed by atoms with van der Waals surface area (Å²) in [6.45, 7) is 0. The number of nitrogens with one attached hydrogen (secondary N) is 1. The van der Waals surface area contributed by atoms with E-state index in [0.29, 0.717) is 4.34 Å². The Kier molecular flexibility index (Phi) is 3.62. The van der Waals surface area contributed by atoms with Crippen LogP contribution in [0.3, 0.4) is 0 Å². The number of carbonyl (C=O) groups is 1. The molecule has 18 heavy (non-hydrogen) atoms. The fraction of sp³-hybridized carbons (Fsp3) is 0. The highest BCUT2D eigenvalue weighted by Gasteiger charge is 2.18. The van der Waals surface area contributed by atoms with Crippen molar-refractivity contribution in [2.45, 2.75) is 4.21 Å². The molecule has 0 amide bonds. The highest BCUT2D eigenvalue weighted by atomic mass is 35.5. The molecule has 96 valence electrons. The molecule has 0 saturated carbocycles. The lowest BCUT2D eigenvalue weighted by Crippen LogP contribution is -2.10. The second kappa shape index (κ2) is 4.88. The van der Waals surface area contributed by atoms with E-state index in [1.54, 1.807) is 0 Å². The van der Waals surface area contributed by atoms with E-state index in [4.69, 9.17) is 16.7 Å². The van der Waals surface area contributed by atoms with Gasteiger partial charge in [-0.25, -0.2) is 13.2 Å². The first kappa shape index (κ1) is 13.3. The van der Waals surface area contributed by atoms with Crippen molar-refractivity contribution in [3.63, 3.8) is 0 Å². The van der Waals surface area contributed by atoms with Crippen molar-refractivity contribution in [2.24, 2.45) is 0 Å². The molecule has 2 aromatic heterocycles. The second-order valence-corrected chi connectivity index (χ2v) is 7.84. The third-order valence-electron chi connectivity index (χ3n) is 1.87.